The number of rotatable bonds is 7. The maximum atomic E-state index is 11.9. The highest BCUT2D eigenvalue weighted by Crippen LogP contribution is 2.35. The molecule has 0 spiro atoms. The minimum absolute atomic E-state index is 0.0678. The van der Waals surface area contributed by atoms with Crippen LogP contribution in [0, 0.1) is 12.8 Å². The summed E-state index contributed by atoms with van der Waals surface area (Å²) in [5, 5.41) is 7.22. The van der Waals surface area contributed by atoms with Gasteiger partial charge < -0.3 is 15.5 Å². The highest BCUT2D eigenvalue weighted by molar-refractivity contribution is 7.22. The molecule has 0 bridgehead atoms. The van der Waals surface area contributed by atoms with E-state index in [0.29, 0.717) is 11.5 Å². The fourth-order valence-electron chi connectivity index (χ4n) is 4.15. The molecular formula is C24H31N5OS. The molecule has 1 saturated heterocycles. The fraction of sp³-hybridized carbons (Fsp3) is 0.458. The van der Waals surface area contributed by atoms with Crippen LogP contribution in [0.2, 0.25) is 0 Å². The number of aromatic nitrogens is 2. The average molecular weight is 438 g/mol. The Bertz CT molecular complexity index is 1060. The third-order valence-electron chi connectivity index (χ3n) is 6.12. The van der Waals surface area contributed by atoms with Crippen molar-refractivity contribution in [3.05, 3.63) is 41.6 Å². The van der Waals surface area contributed by atoms with Crippen molar-refractivity contribution in [1.29, 1.82) is 0 Å². The summed E-state index contributed by atoms with van der Waals surface area (Å²) in [6, 6.07) is 7.95. The van der Waals surface area contributed by atoms with Crippen LogP contribution in [-0.4, -0.2) is 54.5 Å². The van der Waals surface area contributed by atoms with Gasteiger partial charge in [0.25, 0.3) is 5.91 Å². The summed E-state index contributed by atoms with van der Waals surface area (Å²) in [6.07, 6.45) is 6.93. The zero-order valence-corrected chi connectivity index (χ0v) is 19.4. The number of piperidine rings is 1. The zero-order chi connectivity index (χ0) is 21.8. The lowest BCUT2D eigenvalue weighted by Gasteiger charge is -2.28. The van der Waals surface area contributed by atoms with E-state index in [1.54, 1.807) is 18.4 Å². The number of aryl methyl sites for hydroxylation is 1. The largest absolute Gasteiger partial charge is 0.355 e. The number of carbonyl (C=O) groups is 1. The maximum absolute atomic E-state index is 11.9. The van der Waals surface area contributed by atoms with Crippen LogP contribution in [-0.2, 0) is 0 Å². The first-order valence-corrected chi connectivity index (χ1v) is 11.9. The monoisotopic (exact) mass is 437 g/mol. The van der Waals surface area contributed by atoms with Crippen LogP contribution in [0.15, 0.2) is 30.5 Å². The predicted molar refractivity (Wildman–Crippen MR) is 129 cm³/mol. The summed E-state index contributed by atoms with van der Waals surface area (Å²) >= 11 is 1.66. The van der Waals surface area contributed by atoms with Gasteiger partial charge >= 0.3 is 0 Å². The molecule has 2 N–H and O–H groups in total. The number of nitrogens with one attached hydrogen (secondary N) is 2. The lowest BCUT2D eigenvalue weighted by molar-refractivity contribution is 0.0963. The molecule has 1 aromatic carbocycles. The molecule has 0 unspecified atom stereocenters. The van der Waals surface area contributed by atoms with Crippen molar-refractivity contribution in [2.75, 3.05) is 39.0 Å². The van der Waals surface area contributed by atoms with Crippen LogP contribution in [0.4, 0.5) is 5.95 Å². The number of likely N-dealkylation sites (tertiary alicyclic amines) is 1. The van der Waals surface area contributed by atoms with Gasteiger partial charge in [-0.1, -0.05) is 6.07 Å². The summed E-state index contributed by atoms with van der Waals surface area (Å²) in [7, 11) is 3.86. The number of nitrogens with zero attached hydrogens (tertiary/aromatic N) is 3. The van der Waals surface area contributed by atoms with Gasteiger partial charge in [0.1, 0.15) is 0 Å². The van der Waals surface area contributed by atoms with E-state index in [4.69, 9.17) is 4.98 Å². The Hall–Kier alpha value is -2.51. The quantitative estimate of drug-likeness (QED) is 0.530. The SMILES string of the molecule is CNC(=O)c1ccc2cc(-c3nc(NCCCC4CCN(C)CC4)ncc3C)sc2c1. The third kappa shape index (κ3) is 5.22. The van der Waals surface area contributed by atoms with E-state index in [1.807, 2.05) is 31.3 Å². The molecule has 7 heteroatoms. The molecular weight excluding hydrogens is 406 g/mol. The third-order valence-corrected chi connectivity index (χ3v) is 7.23. The highest BCUT2D eigenvalue weighted by Gasteiger charge is 2.16. The number of hydrogen-bond donors (Lipinski definition) is 2. The van der Waals surface area contributed by atoms with Gasteiger partial charge in [-0.3, -0.25) is 4.79 Å². The molecule has 1 aliphatic rings. The first kappa shape index (κ1) is 21.7. The lowest BCUT2D eigenvalue weighted by atomic mass is 9.92. The molecule has 3 aromatic rings. The second-order valence-corrected chi connectivity index (χ2v) is 9.57. The second-order valence-electron chi connectivity index (χ2n) is 8.48. The van der Waals surface area contributed by atoms with E-state index in [9.17, 15) is 4.79 Å². The minimum Gasteiger partial charge on any atom is -0.355 e. The van der Waals surface area contributed by atoms with Crippen LogP contribution in [0.3, 0.4) is 0 Å². The normalized spacial score (nSPS) is 15.3. The standard InChI is InChI=1S/C24H31N5OS/c1-16-15-27-24(26-10-4-5-17-8-11-29(3)12-9-17)28-22(16)21-13-18-6-7-19(23(30)25-2)14-20(18)31-21/h6-7,13-15,17H,4-5,8-12H2,1-3H3,(H,25,30)(H,26,27,28). The topological polar surface area (TPSA) is 70.2 Å². The summed E-state index contributed by atoms with van der Waals surface area (Å²) in [6.45, 7) is 5.39. The number of thiophene rings is 1. The van der Waals surface area contributed by atoms with Crippen LogP contribution in [0.25, 0.3) is 20.7 Å². The molecule has 1 fully saturated rings. The van der Waals surface area contributed by atoms with Crippen LogP contribution >= 0.6 is 11.3 Å². The first-order chi connectivity index (χ1) is 15.0. The van der Waals surface area contributed by atoms with Gasteiger partial charge in [-0.15, -0.1) is 11.3 Å². The van der Waals surface area contributed by atoms with Crippen molar-refractivity contribution < 1.29 is 4.79 Å². The molecule has 0 saturated carbocycles. The zero-order valence-electron chi connectivity index (χ0n) is 18.6. The summed E-state index contributed by atoms with van der Waals surface area (Å²) < 4.78 is 1.08. The van der Waals surface area contributed by atoms with E-state index in [2.05, 4.69) is 33.6 Å². The molecule has 2 aromatic heterocycles. The van der Waals surface area contributed by atoms with Gasteiger partial charge in [0, 0.05) is 30.1 Å². The van der Waals surface area contributed by atoms with Crippen molar-refractivity contribution in [2.24, 2.45) is 5.92 Å². The number of benzene rings is 1. The fourth-order valence-corrected chi connectivity index (χ4v) is 5.31. The van der Waals surface area contributed by atoms with Crippen LogP contribution in [0.1, 0.15) is 41.6 Å². The minimum atomic E-state index is -0.0678. The molecule has 6 nitrogen and oxygen atoms in total. The van der Waals surface area contributed by atoms with E-state index in [0.717, 1.165) is 45.1 Å². The first-order valence-electron chi connectivity index (χ1n) is 11.1. The molecule has 31 heavy (non-hydrogen) atoms. The molecule has 1 aliphatic heterocycles. The Balaban J connectivity index is 1.42. The molecule has 4 rings (SSSR count). The Morgan fingerprint density at radius 2 is 2.06 bits per heavy atom. The number of hydrogen-bond acceptors (Lipinski definition) is 6. The Kier molecular flexibility index (Phi) is 6.83. The summed E-state index contributed by atoms with van der Waals surface area (Å²) in [5.74, 6) is 1.47. The number of amides is 1. The van der Waals surface area contributed by atoms with Crippen molar-refractivity contribution in [2.45, 2.75) is 32.6 Å². The van der Waals surface area contributed by atoms with Crippen molar-refractivity contribution in [3.8, 4) is 10.6 Å². The highest BCUT2D eigenvalue weighted by atomic mass is 32.1. The smallest absolute Gasteiger partial charge is 0.251 e. The predicted octanol–water partition coefficient (Wildman–Crippen LogP) is 4.56. The average Bonchev–Trinajstić information content (AvgIpc) is 3.21. The van der Waals surface area contributed by atoms with Crippen LogP contribution in [0.5, 0.6) is 0 Å². The van der Waals surface area contributed by atoms with Gasteiger partial charge in [0.15, 0.2) is 0 Å². The van der Waals surface area contributed by atoms with Crippen molar-refractivity contribution >= 4 is 33.3 Å². The molecule has 1 amide bonds. The van der Waals surface area contributed by atoms with Crippen molar-refractivity contribution in [1.82, 2.24) is 20.2 Å². The molecule has 3 heterocycles. The van der Waals surface area contributed by atoms with E-state index in [-0.39, 0.29) is 5.91 Å². The number of carbonyl (C=O) groups excluding carboxylic acids is 1. The molecule has 164 valence electrons. The van der Waals surface area contributed by atoms with Crippen molar-refractivity contribution in [3.63, 3.8) is 0 Å². The maximum Gasteiger partial charge on any atom is 0.251 e. The van der Waals surface area contributed by atoms with E-state index < -0.39 is 0 Å². The van der Waals surface area contributed by atoms with E-state index in [1.165, 1.54) is 32.4 Å². The lowest BCUT2D eigenvalue weighted by Crippen LogP contribution is -2.30. The molecule has 0 atom stereocenters. The van der Waals surface area contributed by atoms with E-state index >= 15 is 0 Å². The summed E-state index contributed by atoms with van der Waals surface area (Å²) in [5.41, 5.74) is 2.68. The van der Waals surface area contributed by atoms with Crippen LogP contribution < -0.4 is 10.6 Å². The van der Waals surface area contributed by atoms with Gasteiger partial charge in [-0.2, -0.15) is 0 Å². The Morgan fingerprint density at radius 1 is 1.26 bits per heavy atom. The van der Waals surface area contributed by atoms with Gasteiger partial charge in [-0.25, -0.2) is 9.97 Å². The number of anilines is 1. The summed E-state index contributed by atoms with van der Waals surface area (Å²) in [4.78, 5) is 24.7. The van der Waals surface area contributed by atoms with Gasteiger partial charge in [-0.05, 0) is 87.8 Å². The Labute approximate surface area is 188 Å². The number of fused-ring (bicyclic) bond motifs is 1. The Morgan fingerprint density at radius 3 is 2.84 bits per heavy atom. The molecule has 0 radical (unpaired) electrons. The van der Waals surface area contributed by atoms with Gasteiger partial charge in [0.2, 0.25) is 5.95 Å². The van der Waals surface area contributed by atoms with Gasteiger partial charge in [0.05, 0.1) is 10.6 Å². The molecule has 0 aliphatic carbocycles. The second kappa shape index (κ2) is 9.75.